The summed E-state index contributed by atoms with van der Waals surface area (Å²) in [6.07, 6.45) is 9.22. The Morgan fingerprint density at radius 2 is 1.62 bits per heavy atom. The van der Waals surface area contributed by atoms with Crippen LogP contribution in [0.1, 0.15) is 93.9 Å². The second-order valence-corrected chi connectivity index (χ2v) is 18.9. The lowest BCUT2D eigenvalue weighted by Crippen LogP contribution is -2.62. The smallest absolute Gasteiger partial charge is 0.309 e. The van der Waals surface area contributed by atoms with Gasteiger partial charge in [-0.15, -0.1) is 0 Å². The molecule has 1 aliphatic heterocycles. The molecule has 34 heavy (non-hydrogen) atoms. The van der Waals surface area contributed by atoms with Crippen LogP contribution in [0, 0.1) is 34.5 Å². The summed E-state index contributed by atoms with van der Waals surface area (Å²) < 4.78 is 12.4. The maximum atomic E-state index is 12.6. The van der Waals surface area contributed by atoms with E-state index in [4.69, 9.17) is 9.16 Å². The zero-order valence-electron chi connectivity index (χ0n) is 23.4. The number of carbonyl (C=O) groups is 1. The molecule has 0 aromatic heterocycles. The van der Waals surface area contributed by atoms with Crippen LogP contribution in [0.15, 0.2) is 11.8 Å². The molecule has 7 atom stereocenters. The summed E-state index contributed by atoms with van der Waals surface area (Å²) in [7, 11) is -0.363. The van der Waals surface area contributed by atoms with Crippen molar-refractivity contribution in [2.75, 3.05) is 13.7 Å². The Labute approximate surface area is 210 Å². The van der Waals surface area contributed by atoms with Gasteiger partial charge in [0.15, 0.2) is 0 Å². The van der Waals surface area contributed by atoms with Crippen molar-refractivity contribution in [1.82, 2.24) is 5.32 Å². The minimum absolute atomic E-state index is 0.0202. The van der Waals surface area contributed by atoms with Crippen molar-refractivity contribution in [1.29, 1.82) is 0 Å². The first kappa shape index (κ1) is 26.3. The molecule has 194 valence electrons. The largest absolute Gasteiger partial charge is 0.546 e. The van der Waals surface area contributed by atoms with Crippen LogP contribution in [-0.4, -0.2) is 34.0 Å². The van der Waals surface area contributed by atoms with Gasteiger partial charge in [-0.25, -0.2) is 0 Å². The van der Waals surface area contributed by atoms with Crippen molar-refractivity contribution in [2.45, 2.75) is 117 Å². The minimum atomic E-state index is -1.92. The molecule has 0 spiro atoms. The van der Waals surface area contributed by atoms with Crippen LogP contribution in [0.5, 0.6) is 0 Å². The van der Waals surface area contributed by atoms with Gasteiger partial charge in [0, 0.05) is 12.5 Å². The summed E-state index contributed by atoms with van der Waals surface area (Å²) in [4.78, 5) is 12.6. The summed E-state index contributed by atoms with van der Waals surface area (Å²) in [6, 6.07) is 0.495. The molecule has 2 saturated carbocycles. The van der Waals surface area contributed by atoms with Crippen molar-refractivity contribution < 1.29 is 14.0 Å². The second-order valence-electron chi connectivity index (χ2n) is 13.5. The molecule has 1 saturated heterocycles. The van der Waals surface area contributed by atoms with E-state index in [2.05, 4.69) is 66.8 Å². The van der Waals surface area contributed by atoms with Crippen molar-refractivity contribution in [3.8, 4) is 0 Å². The highest BCUT2D eigenvalue weighted by molar-refractivity contribution is 6.77. The fourth-order valence-corrected chi connectivity index (χ4v) is 14.9. The molecule has 0 aromatic rings. The molecule has 4 rings (SSSR count). The highest BCUT2D eigenvalue weighted by Crippen LogP contribution is 2.64. The van der Waals surface area contributed by atoms with Crippen molar-refractivity contribution in [3.63, 3.8) is 0 Å². The van der Waals surface area contributed by atoms with Crippen LogP contribution in [0.2, 0.25) is 16.6 Å². The molecule has 0 bridgehead atoms. The van der Waals surface area contributed by atoms with E-state index in [-0.39, 0.29) is 22.7 Å². The SMILES string of the molecule is COC(=O)C1CC[C@H]2[C@@H]3CNC4CC(O[Si](C(C)C)(C(C)C)C(C)C)=CC[C@]4(C)[C@@H]3CC[C@]12C. The van der Waals surface area contributed by atoms with Gasteiger partial charge in [0.1, 0.15) is 0 Å². The second kappa shape index (κ2) is 9.25. The van der Waals surface area contributed by atoms with E-state index in [0.29, 0.717) is 34.5 Å². The van der Waals surface area contributed by atoms with Crippen LogP contribution in [0.25, 0.3) is 0 Å². The molecule has 0 amide bonds. The Morgan fingerprint density at radius 3 is 2.21 bits per heavy atom. The normalized spacial score (nSPS) is 40.0. The Morgan fingerprint density at radius 1 is 1.00 bits per heavy atom. The van der Waals surface area contributed by atoms with E-state index in [1.807, 2.05) is 0 Å². The molecular formula is C29H51NO3Si. The van der Waals surface area contributed by atoms with Gasteiger partial charge in [0.25, 0.3) is 8.32 Å². The van der Waals surface area contributed by atoms with E-state index in [1.54, 1.807) is 7.11 Å². The Kier molecular flexibility index (Phi) is 7.14. The monoisotopic (exact) mass is 489 g/mol. The lowest BCUT2D eigenvalue weighted by atomic mass is 9.49. The zero-order chi connectivity index (χ0) is 25.1. The first-order chi connectivity index (χ1) is 15.9. The first-order valence-electron chi connectivity index (χ1n) is 14.1. The molecular weight excluding hydrogens is 438 g/mol. The number of nitrogens with one attached hydrogen (secondary N) is 1. The number of hydrogen-bond acceptors (Lipinski definition) is 4. The van der Waals surface area contributed by atoms with Crippen LogP contribution in [-0.2, 0) is 14.0 Å². The molecule has 5 heteroatoms. The number of piperidine rings is 1. The summed E-state index contributed by atoms with van der Waals surface area (Å²) in [5.74, 6) is 3.40. The van der Waals surface area contributed by atoms with Gasteiger partial charge in [0.05, 0.1) is 18.8 Å². The van der Waals surface area contributed by atoms with Gasteiger partial charge in [0.2, 0.25) is 0 Å². The molecule has 4 nitrogen and oxygen atoms in total. The van der Waals surface area contributed by atoms with Gasteiger partial charge >= 0.3 is 5.97 Å². The third-order valence-electron chi connectivity index (χ3n) is 11.4. The maximum Gasteiger partial charge on any atom is 0.309 e. The minimum Gasteiger partial charge on any atom is -0.546 e. The maximum absolute atomic E-state index is 12.6. The van der Waals surface area contributed by atoms with E-state index < -0.39 is 8.32 Å². The highest BCUT2D eigenvalue weighted by atomic mass is 28.4. The quantitative estimate of drug-likeness (QED) is 0.320. The van der Waals surface area contributed by atoms with Gasteiger partial charge in [-0.2, -0.15) is 0 Å². The number of rotatable bonds is 6. The number of fused-ring (bicyclic) bond motifs is 5. The number of allylic oxidation sites excluding steroid dienone is 1. The highest BCUT2D eigenvalue weighted by Gasteiger charge is 2.61. The van der Waals surface area contributed by atoms with Crippen LogP contribution in [0.3, 0.4) is 0 Å². The predicted molar refractivity (Wildman–Crippen MR) is 142 cm³/mol. The van der Waals surface area contributed by atoms with E-state index in [1.165, 1.54) is 18.6 Å². The summed E-state index contributed by atoms with van der Waals surface area (Å²) in [5.41, 5.74) is 2.19. The van der Waals surface area contributed by atoms with Gasteiger partial charge in [-0.05, 0) is 89.9 Å². The molecule has 3 fully saturated rings. The van der Waals surface area contributed by atoms with Crippen molar-refractivity contribution in [2.24, 2.45) is 34.5 Å². The third kappa shape index (κ3) is 3.83. The molecule has 0 aromatic carbocycles. The Balaban J connectivity index is 1.55. The number of methoxy groups -OCH3 is 1. The summed E-state index contributed by atoms with van der Waals surface area (Å²) >= 11 is 0. The lowest BCUT2D eigenvalue weighted by molar-refractivity contribution is -0.153. The number of hydrogen-bond donors (Lipinski definition) is 1. The van der Waals surface area contributed by atoms with E-state index in [9.17, 15) is 4.79 Å². The predicted octanol–water partition coefficient (Wildman–Crippen LogP) is 7.07. The molecule has 1 N–H and O–H groups in total. The van der Waals surface area contributed by atoms with E-state index in [0.717, 1.165) is 38.1 Å². The Bertz CT molecular complexity index is 785. The molecule has 0 radical (unpaired) electrons. The van der Waals surface area contributed by atoms with Gasteiger partial charge in [-0.3, -0.25) is 4.79 Å². The van der Waals surface area contributed by atoms with Crippen molar-refractivity contribution >= 4 is 14.3 Å². The molecule has 4 aliphatic rings. The topological polar surface area (TPSA) is 47.6 Å². The average Bonchev–Trinajstić information content (AvgIpc) is 3.13. The van der Waals surface area contributed by atoms with Crippen LogP contribution < -0.4 is 5.32 Å². The molecule has 1 heterocycles. The fourth-order valence-electron chi connectivity index (χ4n) is 9.57. The standard InChI is InChI=1S/C29H51NO3Si/c1-18(2)34(19(3)4,20(5)6)33-21-12-14-29(8)24-13-15-28(7)23(10-11-25(28)27(31)32-9)22(24)17-30-26(29)16-21/h12,18-20,22-26,30H,10-11,13-17H2,1-9H3/t22-,23-,24+,25?,26?,28-,29+/m0/s1. The number of ether oxygens (including phenoxy) is 1. The summed E-state index contributed by atoms with van der Waals surface area (Å²) in [6.45, 7) is 20.3. The first-order valence-corrected chi connectivity index (χ1v) is 16.2. The molecule has 3 aliphatic carbocycles. The van der Waals surface area contributed by atoms with Gasteiger partial charge in [-0.1, -0.05) is 55.4 Å². The van der Waals surface area contributed by atoms with Crippen molar-refractivity contribution in [3.05, 3.63) is 11.8 Å². The zero-order valence-corrected chi connectivity index (χ0v) is 24.4. The van der Waals surface area contributed by atoms with Crippen LogP contribution >= 0.6 is 0 Å². The fraction of sp³-hybridized carbons (Fsp3) is 0.897. The Hall–Kier alpha value is -0.813. The van der Waals surface area contributed by atoms with Gasteiger partial charge < -0.3 is 14.5 Å². The average molecular weight is 490 g/mol. The summed E-state index contributed by atoms with van der Waals surface area (Å²) in [5, 5.41) is 4.03. The lowest BCUT2D eigenvalue weighted by Gasteiger charge is -2.60. The van der Waals surface area contributed by atoms with E-state index >= 15 is 0 Å². The third-order valence-corrected chi connectivity index (χ3v) is 17.4. The molecule has 2 unspecified atom stereocenters. The van der Waals surface area contributed by atoms with Crippen LogP contribution in [0.4, 0.5) is 0 Å². The number of carbonyl (C=O) groups excluding carboxylic acids is 1. The number of esters is 1.